The molecule has 2 atom stereocenters. The molecule has 1 aromatic carbocycles. The van der Waals surface area contributed by atoms with Gasteiger partial charge in [0.2, 0.25) is 5.91 Å². The predicted molar refractivity (Wildman–Crippen MR) is 101 cm³/mol. The van der Waals surface area contributed by atoms with Crippen LogP contribution >= 0.6 is 0 Å². The van der Waals surface area contributed by atoms with Crippen molar-refractivity contribution in [2.24, 2.45) is 11.8 Å². The molecular weight excluding hydrogens is 372 g/mol. The van der Waals surface area contributed by atoms with Gasteiger partial charge in [-0.1, -0.05) is 6.07 Å². The molecule has 1 aliphatic carbocycles. The molecule has 1 aliphatic rings. The number of carbonyl (C=O) groups is 2. The molecule has 2 rings (SSSR count). The number of hydrogen-bond acceptors (Lipinski definition) is 5. The molecule has 0 saturated heterocycles. The Kier molecular flexibility index (Phi) is 6.16. The van der Waals surface area contributed by atoms with Gasteiger partial charge < -0.3 is 10.1 Å². The molecule has 9 heteroatoms. The molecule has 1 aromatic rings. The summed E-state index contributed by atoms with van der Waals surface area (Å²) in [5, 5.41) is 2.76. The molecule has 0 spiro atoms. The minimum absolute atomic E-state index is 0.190. The molecule has 0 heterocycles. The number of ether oxygens (including phenoxy) is 1. The molecule has 0 aliphatic heterocycles. The first kappa shape index (κ1) is 21.2. The Morgan fingerprint density at radius 1 is 1.19 bits per heavy atom. The topological polar surface area (TPSA) is 122 Å². The van der Waals surface area contributed by atoms with Crippen molar-refractivity contribution in [3.63, 3.8) is 0 Å². The number of esters is 1. The minimum atomic E-state index is -4.39. The lowest BCUT2D eigenvalue weighted by Crippen LogP contribution is -2.44. The Bertz CT molecular complexity index is 829. The van der Waals surface area contributed by atoms with Crippen LogP contribution in [-0.4, -0.2) is 37.0 Å². The number of rotatable bonds is 5. The van der Waals surface area contributed by atoms with Gasteiger partial charge in [0.25, 0.3) is 0 Å². The third kappa shape index (κ3) is 5.93. The summed E-state index contributed by atoms with van der Waals surface area (Å²) in [4.78, 5) is 25.2. The summed E-state index contributed by atoms with van der Waals surface area (Å²) in [6, 6.07) is 4.77. The van der Waals surface area contributed by atoms with Crippen molar-refractivity contribution < 1.29 is 27.3 Å². The van der Waals surface area contributed by atoms with Gasteiger partial charge in [0.15, 0.2) is 0 Å². The second kappa shape index (κ2) is 7.85. The maximum Gasteiger partial charge on any atom is 0.357 e. The first-order valence-electron chi connectivity index (χ1n) is 8.77. The van der Waals surface area contributed by atoms with E-state index < -0.39 is 33.7 Å². The SMILES string of the molecule is CCNC(=O)C1Cc2ccc(NS(=O)(=O)O)cc2C[C@@H]1C(=O)OC(C)(C)C. The highest BCUT2D eigenvalue weighted by atomic mass is 32.2. The zero-order valence-electron chi connectivity index (χ0n) is 15.9. The summed E-state index contributed by atoms with van der Waals surface area (Å²) in [6.45, 7) is 7.55. The zero-order valence-corrected chi connectivity index (χ0v) is 16.7. The van der Waals surface area contributed by atoms with Crippen molar-refractivity contribution in [2.45, 2.75) is 46.1 Å². The molecule has 0 radical (unpaired) electrons. The van der Waals surface area contributed by atoms with Gasteiger partial charge in [0, 0.05) is 6.54 Å². The summed E-state index contributed by atoms with van der Waals surface area (Å²) in [6.07, 6.45) is 0.588. The van der Waals surface area contributed by atoms with Crippen LogP contribution in [0.3, 0.4) is 0 Å². The first-order chi connectivity index (χ1) is 12.4. The fourth-order valence-electron chi connectivity index (χ4n) is 3.19. The van der Waals surface area contributed by atoms with Gasteiger partial charge in [0.1, 0.15) is 5.60 Å². The van der Waals surface area contributed by atoms with E-state index in [1.54, 1.807) is 32.9 Å². The fraction of sp³-hybridized carbons (Fsp3) is 0.556. The number of anilines is 1. The van der Waals surface area contributed by atoms with E-state index in [1.807, 2.05) is 11.6 Å². The number of nitrogens with one attached hydrogen (secondary N) is 2. The first-order valence-corrected chi connectivity index (χ1v) is 10.2. The Labute approximate surface area is 159 Å². The van der Waals surface area contributed by atoms with Crippen molar-refractivity contribution >= 4 is 27.9 Å². The van der Waals surface area contributed by atoms with Gasteiger partial charge >= 0.3 is 16.3 Å². The molecule has 0 aromatic heterocycles. The van der Waals surface area contributed by atoms with Crippen LogP contribution in [-0.2, 0) is 37.5 Å². The summed E-state index contributed by atoms with van der Waals surface area (Å²) in [5.41, 5.74) is 1.10. The Balaban J connectivity index is 2.35. The summed E-state index contributed by atoms with van der Waals surface area (Å²) in [5.74, 6) is -1.91. The molecule has 150 valence electrons. The standard InChI is InChI=1S/C18H26N2O6S/c1-5-19-16(21)14-9-11-6-7-13(20-27(23,24)25)8-12(11)10-15(14)17(22)26-18(2,3)4/h6-8,14-15,20H,5,9-10H2,1-4H3,(H,19,21)(H,23,24,25)/t14?,15-/m0/s1. The number of amides is 1. The van der Waals surface area contributed by atoms with Gasteiger partial charge in [-0.05, 0) is 63.8 Å². The predicted octanol–water partition coefficient (Wildman–Crippen LogP) is 1.71. The van der Waals surface area contributed by atoms with Crippen molar-refractivity contribution in [3.8, 4) is 0 Å². The van der Waals surface area contributed by atoms with E-state index in [4.69, 9.17) is 9.29 Å². The van der Waals surface area contributed by atoms with Crippen molar-refractivity contribution in [1.82, 2.24) is 5.32 Å². The quantitative estimate of drug-likeness (QED) is 0.513. The van der Waals surface area contributed by atoms with E-state index in [0.717, 1.165) is 11.1 Å². The van der Waals surface area contributed by atoms with Crippen LogP contribution in [0.1, 0.15) is 38.8 Å². The number of hydrogen-bond donors (Lipinski definition) is 3. The number of fused-ring (bicyclic) bond motifs is 1. The van der Waals surface area contributed by atoms with Gasteiger partial charge in [-0.3, -0.25) is 18.9 Å². The summed E-state index contributed by atoms with van der Waals surface area (Å²) < 4.78 is 38.5. The Hall–Kier alpha value is -2.13. The van der Waals surface area contributed by atoms with Gasteiger partial charge in [-0.25, -0.2) is 0 Å². The van der Waals surface area contributed by atoms with E-state index >= 15 is 0 Å². The lowest BCUT2D eigenvalue weighted by molar-refractivity contribution is -0.164. The maximum absolute atomic E-state index is 12.7. The second-order valence-corrected chi connectivity index (χ2v) is 8.76. The third-order valence-corrected chi connectivity index (χ3v) is 4.71. The fourth-order valence-corrected chi connectivity index (χ4v) is 3.62. The molecule has 0 fully saturated rings. The van der Waals surface area contributed by atoms with E-state index in [-0.39, 0.29) is 18.0 Å². The normalized spacial score (nSPS) is 19.7. The van der Waals surface area contributed by atoms with Crippen molar-refractivity contribution in [3.05, 3.63) is 29.3 Å². The monoisotopic (exact) mass is 398 g/mol. The van der Waals surface area contributed by atoms with E-state index in [9.17, 15) is 18.0 Å². The van der Waals surface area contributed by atoms with Gasteiger partial charge in [0.05, 0.1) is 17.5 Å². The highest BCUT2D eigenvalue weighted by Gasteiger charge is 2.40. The molecule has 27 heavy (non-hydrogen) atoms. The molecular formula is C18H26N2O6S. The van der Waals surface area contributed by atoms with Crippen LogP contribution in [0.5, 0.6) is 0 Å². The van der Waals surface area contributed by atoms with Crippen LogP contribution in [0.25, 0.3) is 0 Å². The minimum Gasteiger partial charge on any atom is -0.460 e. The van der Waals surface area contributed by atoms with Gasteiger partial charge in [-0.15, -0.1) is 0 Å². The second-order valence-electron chi connectivity index (χ2n) is 7.61. The molecule has 8 nitrogen and oxygen atoms in total. The smallest absolute Gasteiger partial charge is 0.357 e. The van der Waals surface area contributed by atoms with Crippen LogP contribution in [0.4, 0.5) is 5.69 Å². The Morgan fingerprint density at radius 3 is 2.37 bits per heavy atom. The molecule has 1 amide bonds. The highest BCUT2D eigenvalue weighted by molar-refractivity contribution is 7.87. The zero-order chi connectivity index (χ0) is 20.4. The largest absolute Gasteiger partial charge is 0.460 e. The van der Waals surface area contributed by atoms with Crippen LogP contribution in [0.15, 0.2) is 18.2 Å². The average Bonchev–Trinajstić information content (AvgIpc) is 2.50. The van der Waals surface area contributed by atoms with Gasteiger partial charge in [-0.2, -0.15) is 8.42 Å². The molecule has 1 unspecified atom stereocenters. The summed E-state index contributed by atoms with van der Waals surface area (Å²) >= 11 is 0. The van der Waals surface area contributed by atoms with Crippen molar-refractivity contribution in [2.75, 3.05) is 11.3 Å². The summed E-state index contributed by atoms with van der Waals surface area (Å²) in [7, 11) is -4.39. The van der Waals surface area contributed by atoms with Crippen molar-refractivity contribution in [1.29, 1.82) is 0 Å². The third-order valence-electron chi connectivity index (χ3n) is 4.22. The van der Waals surface area contributed by atoms with E-state index in [2.05, 4.69) is 5.32 Å². The molecule has 3 N–H and O–H groups in total. The molecule has 0 bridgehead atoms. The van der Waals surface area contributed by atoms with E-state index in [0.29, 0.717) is 13.0 Å². The van der Waals surface area contributed by atoms with E-state index in [1.165, 1.54) is 6.07 Å². The number of benzene rings is 1. The maximum atomic E-state index is 12.7. The lowest BCUT2D eigenvalue weighted by atomic mass is 9.75. The highest BCUT2D eigenvalue weighted by Crippen LogP contribution is 2.34. The lowest BCUT2D eigenvalue weighted by Gasteiger charge is -2.33. The average molecular weight is 398 g/mol. The number of carbonyl (C=O) groups excluding carboxylic acids is 2. The van der Waals surface area contributed by atoms with Crippen LogP contribution in [0, 0.1) is 11.8 Å². The molecule has 0 saturated carbocycles. The Morgan fingerprint density at radius 2 is 1.81 bits per heavy atom. The van der Waals surface area contributed by atoms with Crippen LogP contribution < -0.4 is 10.0 Å². The van der Waals surface area contributed by atoms with Crippen LogP contribution in [0.2, 0.25) is 0 Å².